The van der Waals surface area contributed by atoms with Crippen LogP contribution in [-0.4, -0.2) is 5.71 Å². The lowest BCUT2D eigenvalue weighted by atomic mass is 9.93. The maximum atomic E-state index is 5.43. The second-order valence-corrected chi connectivity index (χ2v) is 4.11. The van der Waals surface area contributed by atoms with Crippen LogP contribution in [0.2, 0.25) is 0 Å². The summed E-state index contributed by atoms with van der Waals surface area (Å²) in [6.45, 7) is 2.06. The molecule has 0 radical (unpaired) electrons. The second-order valence-electron chi connectivity index (χ2n) is 4.11. The molecule has 1 aromatic heterocycles. The third kappa shape index (κ3) is 1.47. The first-order chi connectivity index (χ1) is 7.84. The first-order valence-electron chi connectivity index (χ1n) is 5.50. The molecular formula is C14H13NO. The number of hydrogen-bond donors (Lipinski definition) is 0. The molecule has 0 saturated heterocycles. The van der Waals surface area contributed by atoms with Gasteiger partial charge in [0.25, 0.3) is 0 Å². The summed E-state index contributed by atoms with van der Waals surface area (Å²) in [5, 5.41) is 0. The maximum Gasteiger partial charge on any atom is 0.128 e. The fourth-order valence-corrected chi connectivity index (χ4v) is 2.25. The van der Waals surface area contributed by atoms with E-state index in [9.17, 15) is 0 Å². The average molecular weight is 211 g/mol. The van der Waals surface area contributed by atoms with E-state index in [-0.39, 0.29) is 6.04 Å². The molecule has 2 heterocycles. The van der Waals surface area contributed by atoms with Gasteiger partial charge in [-0.15, -0.1) is 0 Å². The standard InChI is InChI=1S/C14H13NO/c1-10-12-6-3-2-5-11(12)9-13(15-10)14-7-4-8-16-14/h2-8,13H,9H2,1H3. The van der Waals surface area contributed by atoms with Crippen molar-refractivity contribution in [1.82, 2.24) is 0 Å². The van der Waals surface area contributed by atoms with E-state index >= 15 is 0 Å². The van der Waals surface area contributed by atoms with E-state index in [1.807, 2.05) is 12.1 Å². The highest BCUT2D eigenvalue weighted by Gasteiger charge is 2.21. The molecule has 1 aromatic carbocycles. The Morgan fingerprint density at radius 1 is 1.19 bits per heavy atom. The molecule has 0 amide bonds. The minimum atomic E-state index is 0.143. The molecule has 2 heteroatoms. The van der Waals surface area contributed by atoms with Gasteiger partial charge in [-0.25, -0.2) is 0 Å². The minimum Gasteiger partial charge on any atom is -0.467 e. The van der Waals surface area contributed by atoms with E-state index in [0.717, 1.165) is 17.9 Å². The summed E-state index contributed by atoms with van der Waals surface area (Å²) >= 11 is 0. The third-order valence-corrected chi connectivity index (χ3v) is 3.04. The van der Waals surface area contributed by atoms with E-state index in [0.29, 0.717) is 0 Å². The zero-order valence-electron chi connectivity index (χ0n) is 9.18. The van der Waals surface area contributed by atoms with Crippen molar-refractivity contribution in [3.05, 3.63) is 59.5 Å². The van der Waals surface area contributed by atoms with Crippen LogP contribution in [0.3, 0.4) is 0 Å². The molecule has 0 spiro atoms. The van der Waals surface area contributed by atoms with Crippen LogP contribution in [0.25, 0.3) is 0 Å². The van der Waals surface area contributed by atoms with Crippen molar-refractivity contribution in [2.45, 2.75) is 19.4 Å². The number of rotatable bonds is 1. The largest absolute Gasteiger partial charge is 0.467 e. The van der Waals surface area contributed by atoms with E-state index in [1.165, 1.54) is 11.1 Å². The number of benzene rings is 1. The van der Waals surface area contributed by atoms with E-state index in [1.54, 1.807) is 6.26 Å². The summed E-state index contributed by atoms with van der Waals surface area (Å²) in [5.41, 5.74) is 3.73. The summed E-state index contributed by atoms with van der Waals surface area (Å²) in [7, 11) is 0. The lowest BCUT2D eigenvalue weighted by Crippen LogP contribution is -2.13. The highest BCUT2D eigenvalue weighted by Crippen LogP contribution is 2.29. The van der Waals surface area contributed by atoms with Crippen LogP contribution in [0.1, 0.15) is 29.9 Å². The lowest BCUT2D eigenvalue weighted by Gasteiger charge is -2.20. The fraction of sp³-hybridized carbons (Fsp3) is 0.214. The molecule has 0 saturated carbocycles. The van der Waals surface area contributed by atoms with E-state index < -0.39 is 0 Å². The van der Waals surface area contributed by atoms with Gasteiger partial charge in [0.05, 0.1) is 6.26 Å². The van der Waals surface area contributed by atoms with Gasteiger partial charge in [0.15, 0.2) is 0 Å². The molecule has 1 aliphatic rings. The van der Waals surface area contributed by atoms with Crippen molar-refractivity contribution in [3.8, 4) is 0 Å². The zero-order valence-corrected chi connectivity index (χ0v) is 9.18. The first-order valence-corrected chi connectivity index (χ1v) is 5.50. The Labute approximate surface area is 94.6 Å². The number of fused-ring (bicyclic) bond motifs is 1. The predicted molar refractivity (Wildman–Crippen MR) is 63.8 cm³/mol. The van der Waals surface area contributed by atoms with Gasteiger partial charge < -0.3 is 4.42 Å². The zero-order chi connectivity index (χ0) is 11.0. The smallest absolute Gasteiger partial charge is 0.128 e. The Bertz CT molecular complexity index is 525. The molecule has 2 aromatic rings. The Balaban J connectivity index is 2.03. The van der Waals surface area contributed by atoms with Crippen molar-refractivity contribution < 1.29 is 4.42 Å². The monoisotopic (exact) mass is 211 g/mol. The first kappa shape index (κ1) is 9.40. The normalized spacial score (nSPS) is 19.1. The molecule has 3 rings (SSSR count). The van der Waals surface area contributed by atoms with Crippen LogP contribution in [-0.2, 0) is 6.42 Å². The van der Waals surface area contributed by atoms with Crippen LogP contribution < -0.4 is 0 Å². The van der Waals surface area contributed by atoms with Crippen molar-refractivity contribution in [2.24, 2.45) is 4.99 Å². The van der Waals surface area contributed by atoms with Crippen LogP contribution >= 0.6 is 0 Å². The van der Waals surface area contributed by atoms with Gasteiger partial charge in [-0.05, 0) is 30.2 Å². The van der Waals surface area contributed by atoms with Gasteiger partial charge in [-0.1, -0.05) is 24.3 Å². The Morgan fingerprint density at radius 2 is 2.06 bits per heavy atom. The fourth-order valence-electron chi connectivity index (χ4n) is 2.25. The Hall–Kier alpha value is -1.83. The van der Waals surface area contributed by atoms with Crippen molar-refractivity contribution in [1.29, 1.82) is 0 Å². The van der Waals surface area contributed by atoms with Gasteiger partial charge >= 0.3 is 0 Å². The Kier molecular flexibility index (Phi) is 2.13. The Morgan fingerprint density at radius 3 is 2.88 bits per heavy atom. The summed E-state index contributed by atoms with van der Waals surface area (Å²) in [5.74, 6) is 0.953. The second kappa shape index (κ2) is 3.63. The van der Waals surface area contributed by atoms with Crippen LogP contribution in [0.4, 0.5) is 0 Å². The topological polar surface area (TPSA) is 25.5 Å². The average Bonchev–Trinajstić information content (AvgIpc) is 2.82. The number of nitrogens with zero attached hydrogens (tertiary/aromatic N) is 1. The van der Waals surface area contributed by atoms with Gasteiger partial charge in [0, 0.05) is 12.1 Å². The minimum absolute atomic E-state index is 0.143. The third-order valence-electron chi connectivity index (χ3n) is 3.04. The summed E-state index contributed by atoms with van der Waals surface area (Å²) < 4.78 is 5.43. The number of furan rings is 1. The number of aliphatic imine (C=N–C) groups is 1. The maximum absolute atomic E-state index is 5.43. The highest BCUT2D eigenvalue weighted by atomic mass is 16.3. The van der Waals surface area contributed by atoms with Crippen molar-refractivity contribution in [2.75, 3.05) is 0 Å². The molecule has 1 atom stereocenters. The molecule has 0 aliphatic carbocycles. The van der Waals surface area contributed by atoms with Crippen LogP contribution in [0, 0.1) is 0 Å². The van der Waals surface area contributed by atoms with Crippen LogP contribution in [0.5, 0.6) is 0 Å². The molecule has 16 heavy (non-hydrogen) atoms. The van der Waals surface area contributed by atoms with E-state index in [4.69, 9.17) is 4.42 Å². The molecule has 2 nitrogen and oxygen atoms in total. The lowest BCUT2D eigenvalue weighted by molar-refractivity contribution is 0.464. The number of hydrogen-bond acceptors (Lipinski definition) is 2. The predicted octanol–water partition coefficient (Wildman–Crippen LogP) is 3.39. The van der Waals surface area contributed by atoms with Gasteiger partial charge in [0.1, 0.15) is 11.8 Å². The summed E-state index contributed by atoms with van der Waals surface area (Å²) in [6, 6.07) is 12.5. The molecule has 0 fully saturated rings. The highest BCUT2D eigenvalue weighted by molar-refractivity contribution is 6.00. The van der Waals surface area contributed by atoms with Crippen LogP contribution in [0.15, 0.2) is 52.1 Å². The van der Waals surface area contributed by atoms with E-state index in [2.05, 4.69) is 36.2 Å². The SMILES string of the molecule is CC1=NC(c2ccco2)Cc2ccccc21. The molecular weight excluding hydrogens is 198 g/mol. The van der Waals surface area contributed by atoms with Gasteiger partial charge in [-0.3, -0.25) is 4.99 Å². The summed E-state index contributed by atoms with van der Waals surface area (Å²) in [6.07, 6.45) is 2.64. The molecule has 1 aliphatic heterocycles. The molecule has 1 unspecified atom stereocenters. The molecule has 0 N–H and O–H groups in total. The van der Waals surface area contributed by atoms with Gasteiger partial charge in [-0.2, -0.15) is 0 Å². The van der Waals surface area contributed by atoms with Gasteiger partial charge in [0.2, 0.25) is 0 Å². The summed E-state index contributed by atoms with van der Waals surface area (Å²) in [4.78, 5) is 4.69. The van der Waals surface area contributed by atoms with Crippen molar-refractivity contribution >= 4 is 5.71 Å². The van der Waals surface area contributed by atoms with Crippen molar-refractivity contribution in [3.63, 3.8) is 0 Å². The molecule has 0 bridgehead atoms. The quantitative estimate of drug-likeness (QED) is 0.709. The molecule has 80 valence electrons.